The van der Waals surface area contributed by atoms with Gasteiger partial charge in [-0.3, -0.25) is 4.48 Å². The fraction of sp³-hybridized carbons (Fsp3) is 0.500. The third-order valence-electron chi connectivity index (χ3n) is 4.80. The molecule has 0 saturated heterocycles. The Morgan fingerprint density at radius 3 is 2.43 bits per heavy atom. The maximum atomic E-state index is 6.04. The minimum atomic E-state index is 0.349. The summed E-state index contributed by atoms with van der Waals surface area (Å²) in [7, 11) is 4.44. The number of nitrogen functional groups attached to an aromatic ring is 1. The molecule has 0 spiro atoms. The van der Waals surface area contributed by atoms with Gasteiger partial charge in [-0.1, -0.05) is 12.1 Å². The summed E-state index contributed by atoms with van der Waals surface area (Å²) in [5, 5.41) is 1.09. The lowest BCUT2D eigenvalue weighted by atomic mass is 9.89. The molecule has 0 bridgehead atoms. The normalized spacial score (nSPS) is 23.4. The first kappa shape index (κ1) is 14.2. The molecule has 112 valence electrons. The Hall–Kier alpha value is -1.72. The highest BCUT2D eigenvalue weighted by molar-refractivity contribution is 5.89. The first-order chi connectivity index (χ1) is 9.98. The van der Waals surface area contributed by atoms with E-state index in [2.05, 4.69) is 30.1 Å². The molecule has 1 aromatic carbocycles. The number of quaternary nitrogens is 1. The first-order valence-corrected chi connectivity index (χ1v) is 7.60. The van der Waals surface area contributed by atoms with E-state index in [0.29, 0.717) is 18.0 Å². The fourth-order valence-corrected chi connectivity index (χ4v) is 3.44. The highest BCUT2D eigenvalue weighted by Gasteiger charge is 2.36. The predicted octanol–water partition coefficient (Wildman–Crippen LogP) is 2.05. The highest BCUT2D eigenvalue weighted by Crippen LogP contribution is 2.34. The molecule has 4 N–H and O–H groups in total. The summed E-state index contributed by atoms with van der Waals surface area (Å²) >= 11 is 0. The van der Waals surface area contributed by atoms with Crippen LogP contribution in [0.5, 0.6) is 0 Å². The van der Waals surface area contributed by atoms with Crippen molar-refractivity contribution in [2.24, 2.45) is 5.73 Å². The Bertz CT molecular complexity index is 644. The summed E-state index contributed by atoms with van der Waals surface area (Å²) < 4.78 is 0.736. The van der Waals surface area contributed by atoms with Crippen molar-refractivity contribution in [1.82, 2.24) is 14.5 Å². The van der Waals surface area contributed by atoms with Crippen molar-refractivity contribution in [1.29, 1.82) is 0 Å². The van der Waals surface area contributed by atoms with Gasteiger partial charge in [-0.15, -0.1) is 0 Å². The molecule has 1 saturated carbocycles. The number of hydrogen-bond donors (Lipinski definition) is 2. The standard InChI is InChI=1S/C16H24N5/c1-21(2,12-9-7-11(17)8-10-12)15-13-5-3-4-6-14(13)19-16(18)20-15/h3-6,11-12H,7-10,17H2,1-2H3,(H2,18,19,20)/q+1. The molecule has 1 aromatic heterocycles. The maximum Gasteiger partial charge on any atom is 0.240 e. The van der Waals surface area contributed by atoms with Crippen LogP contribution >= 0.6 is 0 Å². The lowest BCUT2D eigenvalue weighted by Crippen LogP contribution is -2.53. The van der Waals surface area contributed by atoms with Crippen LogP contribution in [-0.2, 0) is 0 Å². The van der Waals surface area contributed by atoms with Crippen LogP contribution < -0.4 is 16.0 Å². The van der Waals surface area contributed by atoms with Crippen LogP contribution in [0.4, 0.5) is 11.8 Å². The summed E-state index contributed by atoms with van der Waals surface area (Å²) in [5.74, 6) is 1.36. The van der Waals surface area contributed by atoms with E-state index >= 15 is 0 Å². The van der Waals surface area contributed by atoms with Crippen LogP contribution in [0.2, 0.25) is 0 Å². The van der Waals surface area contributed by atoms with Gasteiger partial charge in [0, 0.05) is 18.9 Å². The van der Waals surface area contributed by atoms with Gasteiger partial charge >= 0.3 is 0 Å². The van der Waals surface area contributed by atoms with Crippen LogP contribution in [0.15, 0.2) is 24.3 Å². The van der Waals surface area contributed by atoms with Gasteiger partial charge < -0.3 is 11.5 Å². The van der Waals surface area contributed by atoms with Gasteiger partial charge in [0.1, 0.15) is 0 Å². The maximum absolute atomic E-state index is 6.04. The molecule has 0 atom stereocenters. The summed E-state index contributed by atoms with van der Waals surface area (Å²) in [6.45, 7) is 0. The minimum Gasteiger partial charge on any atom is -0.368 e. The number of nitrogens with zero attached hydrogens (tertiary/aromatic N) is 3. The molecule has 1 aliphatic carbocycles. The average molecular weight is 286 g/mol. The van der Waals surface area contributed by atoms with Crippen molar-refractivity contribution >= 4 is 22.7 Å². The van der Waals surface area contributed by atoms with E-state index in [4.69, 9.17) is 11.5 Å². The molecule has 0 aliphatic heterocycles. The van der Waals surface area contributed by atoms with E-state index in [0.717, 1.165) is 46.9 Å². The van der Waals surface area contributed by atoms with Crippen LogP contribution in [0.25, 0.3) is 10.9 Å². The summed E-state index contributed by atoms with van der Waals surface area (Å²) in [6, 6.07) is 8.98. The zero-order chi connectivity index (χ0) is 15.0. The molecule has 1 fully saturated rings. The van der Waals surface area contributed by atoms with Gasteiger partial charge in [-0.2, -0.15) is 4.98 Å². The molecule has 0 unspecified atom stereocenters. The molecule has 0 amide bonds. The van der Waals surface area contributed by atoms with Gasteiger partial charge in [0.15, 0.2) is 0 Å². The monoisotopic (exact) mass is 286 g/mol. The van der Waals surface area contributed by atoms with Crippen molar-refractivity contribution in [2.45, 2.75) is 37.8 Å². The molecule has 3 rings (SSSR count). The van der Waals surface area contributed by atoms with E-state index in [1.54, 1.807) is 0 Å². The topological polar surface area (TPSA) is 77.8 Å². The van der Waals surface area contributed by atoms with Crippen molar-refractivity contribution in [3.05, 3.63) is 24.3 Å². The summed E-state index contributed by atoms with van der Waals surface area (Å²) in [5.41, 5.74) is 12.9. The lowest BCUT2D eigenvalue weighted by molar-refractivity contribution is 0.214. The molecule has 5 nitrogen and oxygen atoms in total. The predicted molar refractivity (Wildman–Crippen MR) is 87.8 cm³/mol. The number of para-hydroxylation sites is 1. The van der Waals surface area contributed by atoms with E-state index in [1.165, 1.54) is 0 Å². The molecule has 0 radical (unpaired) electrons. The lowest BCUT2D eigenvalue weighted by Gasteiger charge is -2.40. The number of rotatable bonds is 2. The Labute approximate surface area is 125 Å². The van der Waals surface area contributed by atoms with Crippen LogP contribution in [0.1, 0.15) is 25.7 Å². The minimum absolute atomic E-state index is 0.349. The SMILES string of the molecule is C[N+](C)(c1nc(N)nc2ccccc12)C1CCC(N)CC1. The Morgan fingerprint density at radius 1 is 1.05 bits per heavy atom. The van der Waals surface area contributed by atoms with Gasteiger partial charge in [-0.25, -0.2) is 4.98 Å². The molecular weight excluding hydrogens is 262 g/mol. The first-order valence-electron chi connectivity index (χ1n) is 7.60. The Kier molecular flexibility index (Phi) is 3.55. The van der Waals surface area contributed by atoms with E-state index in [-0.39, 0.29) is 0 Å². The second kappa shape index (κ2) is 5.24. The molecule has 1 aliphatic rings. The number of hydrogen-bond acceptors (Lipinski definition) is 4. The number of aromatic nitrogens is 2. The average Bonchev–Trinajstić information content (AvgIpc) is 2.46. The van der Waals surface area contributed by atoms with Gasteiger partial charge in [-0.05, 0) is 25.0 Å². The molecule has 21 heavy (non-hydrogen) atoms. The zero-order valence-corrected chi connectivity index (χ0v) is 12.8. The second-order valence-corrected chi connectivity index (χ2v) is 6.53. The van der Waals surface area contributed by atoms with Crippen molar-refractivity contribution < 1.29 is 0 Å². The molecule has 2 aromatic rings. The van der Waals surface area contributed by atoms with Crippen LogP contribution in [0.3, 0.4) is 0 Å². The molecular formula is C16H24N5+. The third kappa shape index (κ3) is 2.59. The fourth-order valence-electron chi connectivity index (χ4n) is 3.44. The number of benzene rings is 1. The van der Waals surface area contributed by atoms with E-state index in [9.17, 15) is 0 Å². The van der Waals surface area contributed by atoms with Crippen molar-refractivity contribution in [3.63, 3.8) is 0 Å². The zero-order valence-electron chi connectivity index (χ0n) is 12.8. The largest absolute Gasteiger partial charge is 0.368 e. The summed E-state index contributed by atoms with van der Waals surface area (Å²) in [6.07, 6.45) is 4.44. The van der Waals surface area contributed by atoms with Gasteiger partial charge in [0.05, 0.1) is 31.0 Å². The van der Waals surface area contributed by atoms with E-state index < -0.39 is 0 Å². The van der Waals surface area contributed by atoms with Crippen LogP contribution in [-0.4, -0.2) is 36.1 Å². The summed E-state index contributed by atoms with van der Waals surface area (Å²) in [4.78, 5) is 8.92. The number of nitrogens with two attached hydrogens (primary N) is 2. The molecule has 5 heteroatoms. The number of fused-ring (bicyclic) bond motifs is 1. The smallest absolute Gasteiger partial charge is 0.240 e. The highest BCUT2D eigenvalue weighted by atomic mass is 15.4. The second-order valence-electron chi connectivity index (χ2n) is 6.53. The van der Waals surface area contributed by atoms with Crippen molar-refractivity contribution in [2.75, 3.05) is 19.8 Å². The van der Waals surface area contributed by atoms with Crippen molar-refractivity contribution in [3.8, 4) is 0 Å². The van der Waals surface area contributed by atoms with E-state index in [1.807, 2.05) is 18.2 Å². The quantitative estimate of drug-likeness (QED) is 0.828. The van der Waals surface area contributed by atoms with Crippen LogP contribution in [0, 0.1) is 0 Å². The number of anilines is 1. The Balaban J connectivity index is 2.06. The van der Waals surface area contributed by atoms with Gasteiger partial charge in [0.25, 0.3) is 0 Å². The third-order valence-corrected chi connectivity index (χ3v) is 4.80. The molecule has 1 heterocycles. The van der Waals surface area contributed by atoms with Gasteiger partial charge in [0.2, 0.25) is 11.8 Å². The Morgan fingerprint density at radius 2 is 1.71 bits per heavy atom.